The van der Waals surface area contributed by atoms with E-state index in [0.717, 1.165) is 11.5 Å². The molecule has 0 saturated carbocycles. The van der Waals surface area contributed by atoms with Gasteiger partial charge in [-0.2, -0.15) is 0 Å². The molecular weight excluding hydrogens is 232 g/mol. The molecule has 1 aromatic carbocycles. The third-order valence-corrected chi connectivity index (χ3v) is 8.53. The molecular formula is C13H20OSSi. The lowest BCUT2D eigenvalue weighted by atomic mass is 10.4. The maximum absolute atomic E-state index is 5.38. The van der Waals surface area contributed by atoms with Crippen molar-refractivity contribution < 1.29 is 4.74 Å². The van der Waals surface area contributed by atoms with Crippen LogP contribution >= 0.6 is 11.8 Å². The average molecular weight is 252 g/mol. The molecule has 0 aliphatic carbocycles. The molecule has 1 heterocycles. The van der Waals surface area contributed by atoms with Crippen molar-refractivity contribution in [2.75, 3.05) is 6.61 Å². The first-order valence-corrected chi connectivity index (χ1v) is 10.3. The molecule has 1 aliphatic rings. The Labute approximate surface area is 104 Å². The van der Waals surface area contributed by atoms with Crippen LogP contribution in [-0.2, 0) is 4.74 Å². The Morgan fingerprint density at radius 3 is 2.44 bits per heavy atom. The van der Waals surface area contributed by atoms with Gasteiger partial charge in [-0.15, -0.1) is 11.8 Å². The second-order valence-electron chi connectivity index (χ2n) is 5.48. The van der Waals surface area contributed by atoms with Crippen LogP contribution in [0.5, 0.6) is 0 Å². The van der Waals surface area contributed by atoms with E-state index < -0.39 is 8.07 Å². The van der Waals surface area contributed by atoms with Gasteiger partial charge in [-0.3, -0.25) is 0 Å². The molecule has 3 heteroatoms. The second-order valence-corrected chi connectivity index (χ2v) is 12.6. The number of hydrogen-bond donors (Lipinski definition) is 0. The first-order valence-electron chi connectivity index (χ1n) is 5.89. The van der Waals surface area contributed by atoms with Crippen LogP contribution in [0.15, 0.2) is 35.2 Å². The number of thioether (sulfide) groups is 1. The number of hydrogen-bond acceptors (Lipinski definition) is 2. The highest BCUT2D eigenvalue weighted by atomic mass is 32.2. The lowest BCUT2D eigenvalue weighted by Crippen LogP contribution is -2.36. The SMILES string of the molecule is C[Si](C)(C)[C@@H](C[C@H]1CO1)Sc1ccccc1. The van der Waals surface area contributed by atoms with Crippen molar-refractivity contribution in [2.24, 2.45) is 0 Å². The van der Waals surface area contributed by atoms with E-state index in [0.29, 0.717) is 6.10 Å². The lowest BCUT2D eigenvalue weighted by Gasteiger charge is -2.28. The van der Waals surface area contributed by atoms with Crippen LogP contribution in [0, 0.1) is 0 Å². The van der Waals surface area contributed by atoms with Crippen molar-refractivity contribution in [3.05, 3.63) is 30.3 Å². The summed E-state index contributed by atoms with van der Waals surface area (Å²) >= 11 is 2.05. The molecule has 2 rings (SSSR count). The minimum Gasteiger partial charge on any atom is -0.373 e. The second kappa shape index (κ2) is 4.94. The molecule has 0 amide bonds. The Bertz CT molecular complexity index is 330. The highest BCUT2D eigenvalue weighted by Gasteiger charge is 2.34. The van der Waals surface area contributed by atoms with Crippen molar-refractivity contribution in [1.82, 2.24) is 0 Å². The Kier molecular flexibility index (Phi) is 3.77. The molecule has 0 radical (unpaired) electrons. The van der Waals surface area contributed by atoms with E-state index in [9.17, 15) is 0 Å². The smallest absolute Gasteiger partial charge is 0.0817 e. The van der Waals surface area contributed by atoms with Gasteiger partial charge in [-0.05, 0) is 18.6 Å². The maximum atomic E-state index is 5.38. The average Bonchev–Trinajstić information content (AvgIpc) is 3.01. The normalized spacial score (nSPS) is 21.8. The molecule has 1 fully saturated rings. The van der Waals surface area contributed by atoms with E-state index >= 15 is 0 Å². The molecule has 1 aromatic rings. The lowest BCUT2D eigenvalue weighted by molar-refractivity contribution is 0.401. The van der Waals surface area contributed by atoms with Crippen LogP contribution in [0.2, 0.25) is 19.6 Å². The predicted molar refractivity (Wildman–Crippen MR) is 73.8 cm³/mol. The first-order chi connectivity index (χ1) is 7.55. The van der Waals surface area contributed by atoms with Crippen molar-refractivity contribution in [1.29, 1.82) is 0 Å². The Morgan fingerprint density at radius 2 is 1.94 bits per heavy atom. The molecule has 0 N–H and O–H groups in total. The van der Waals surface area contributed by atoms with Gasteiger partial charge in [0.1, 0.15) is 0 Å². The standard InChI is InChI=1S/C13H20OSSi/c1-16(2,3)13(9-11-10-14-11)15-12-7-5-4-6-8-12/h4-8,11,13H,9-10H2,1-3H3/t11-,13-/m0/s1. The zero-order valence-electron chi connectivity index (χ0n) is 10.3. The van der Waals surface area contributed by atoms with E-state index in [1.54, 1.807) is 0 Å². The fourth-order valence-electron chi connectivity index (χ4n) is 1.68. The van der Waals surface area contributed by atoms with Gasteiger partial charge in [0.05, 0.1) is 20.8 Å². The molecule has 0 unspecified atom stereocenters. The summed E-state index contributed by atoms with van der Waals surface area (Å²) in [5, 5.41) is 0. The highest BCUT2D eigenvalue weighted by Crippen LogP contribution is 2.35. The molecule has 0 spiro atoms. The van der Waals surface area contributed by atoms with E-state index in [4.69, 9.17) is 4.74 Å². The largest absolute Gasteiger partial charge is 0.373 e. The number of rotatable bonds is 5. The van der Waals surface area contributed by atoms with Crippen LogP contribution < -0.4 is 0 Å². The fraction of sp³-hybridized carbons (Fsp3) is 0.538. The van der Waals surface area contributed by atoms with Crippen LogP contribution in [0.25, 0.3) is 0 Å². The maximum Gasteiger partial charge on any atom is 0.0817 e. The zero-order valence-corrected chi connectivity index (χ0v) is 12.1. The Morgan fingerprint density at radius 1 is 1.31 bits per heavy atom. The summed E-state index contributed by atoms with van der Waals surface area (Å²) in [6.07, 6.45) is 1.78. The molecule has 16 heavy (non-hydrogen) atoms. The highest BCUT2D eigenvalue weighted by molar-refractivity contribution is 8.01. The molecule has 1 aliphatic heterocycles. The predicted octanol–water partition coefficient (Wildman–Crippen LogP) is 3.81. The van der Waals surface area contributed by atoms with Gasteiger partial charge in [0.15, 0.2) is 0 Å². The first kappa shape index (κ1) is 12.2. The Hall–Kier alpha value is -0.253. The quantitative estimate of drug-likeness (QED) is 0.449. The van der Waals surface area contributed by atoms with Crippen molar-refractivity contribution >= 4 is 19.8 Å². The van der Waals surface area contributed by atoms with Gasteiger partial charge < -0.3 is 4.74 Å². The van der Waals surface area contributed by atoms with Crippen LogP contribution in [-0.4, -0.2) is 25.7 Å². The Balaban J connectivity index is 2.01. The van der Waals surface area contributed by atoms with Gasteiger partial charge in [0.25, 0.3) is 0 Å². The summed E-state index contributed by atoms with van der Waals surface area (Å²) in [6, 6.07) is 10.8. The summed E-state index contributed by atoms with van der Waals surface area (Å²) in [7, 11) is -1.11. The molecule has 0 aromatic heterocycles. The monoisotopic (exact) mass is 252 g/mol. The van der Waals surface area contributed by atoms with E-state index in [2.05, 4.69) is 50.0 Å². The number of benzene rings is 1. The van der Waals surface area contributed by atoms with Crippen LogP contribution in [0.3, 0.4) is 0 Å². The molecule has 2 atom stereocenters. The van der Waals surface area contributed by atoms with Gasteiger partial charge in [-0.25, -0.2) is 0 Å². The minimum absolute atomic E-state index is 0.549. The summed E-state index contributed by atoms with van der Waals surface area (Å²) < 4.78 is 5.38. The van der Waals surface area contributed by atoms with Crippen molar-refractivity contribution in [3.8, 4) is 0 Å². The summed E-state index contributed by atoms with van der Waals surface area (Å²) in [5.41, 5.74) is 0. The molecule has 0 bridgehead atoms. The van der Waals surface area contributed by atoms with Gasteiger partial charge >= 0.3 is 0 Å². The fourth-order valence-corrected chi connectivity index (χ4v) is 5.43. The van der Waals surface area contributed by atoms with E-state index in [-0.39, 0.29) is 0 Å². The minimum atomic E-state index is -1.11. The summed E-state index contributed by atoms with van der Waals surface area (Å²) in [6.45, 7) is 8.35. The van der Waals surface area contributed by atoms with Crippen LogP contribution in [0.1, 0.15) is 6.42 Å². The van der Waals surface area contributed by atoms with Crippen molar-refractivity contribution in [2.45, 2.75) is 41.9 Å². The van der Waals surface area contributed by atoms with Gasteiger partial charge in [0, 0.05) is 9.77 Å². The molecule has 1 saturated heterocycles. The van der Waals surface area contributed by atoms with Gasteiger partial charge in [0.2, 0.25) is 0 Å². The molecule has 1 nitrogen and oxygen atoms in total. The van der Waals surface area contributed by atoms with E-state index in [1.165, 1.54) is 11.3 Å². The van der Waals surface area contributed by atoms with Gasteiger partial charge in [-0.1, -0.05) is 37.8 Å². The topological polar surface area (TPSA) is 12.5 Å². The molecule has 88 valence electrons. The zero-order chi connectivity index (χ0) is 11.6. The van der Waals surface area contributed by atoms with Crippen LogP contribution in [0.4, 0.5) is 0 Å². The van der Waals surface area contributed by atoms with E-state index in [1.807, 2.05) is 11.8 Å². The third kappa shape index (κ3) is 3.65. The van der Waals surface area contributed by atoms with Crippen molar-refractivity contribution in [3.63, 3.8) is 0 Å². The number of ether oxygens (including phenoxy) is 1. The summed E-state index contributed by atoms with van der Waals surface area (Å²) in [4.78, 5) is 2.16. The third-order valence-electron chi connectivity index (χ3n) is 2.87. The summed E-state index contributed by atoms with van der Waals surface area (Å²) in [5.74, 6) is 0. The number of epoxide rings is 1.